The molecular formula is C10H19N3O. The molecule has 1 aromatic heterocycles. The Morgan fingerprint density at radius 3 is 2.64 bits per heavy atom. The van der Waals surface area contributed by atoms with Crippen molar-refractivity contribution in [1.82, 2.24) is 10.2 Å². The Hall–Kier alpha value is -1.03. The number of aryl methyl sites for hydroxylation is 2. The van der Waals surface area contributed by atoms with E-state index < -0.39 is 0 Å². The molecule has 4 heteroatoms. The normalized spacial score (nSPS) is 12.9. The molecule has 0 bridgehead atoms. The van der Waals surface area contributed by atoms with Crippen molar-refractivity contribution < 1.29 is 4.74 Å². The largest absolute Gasteiger partial charge is 0.383 e. The molecule has 14 heavy (non-hydrogen) atoms. The maximum atomic E-state index is 5.13. The number of ether oxygens (including phenoxy) is 1. The number of methoxy groups -OCH3 is 1. The van der Waals surface area contributed by atoms with Gasteiger partial charge < -0.3 is 10.1 Å². The monoisotopic (exact) mass is 197 g/mol. The Morgan fingerprint density at radius 1 is 1.50 bits per heavy atom. The molecule has 0 saturated carbocycles. The van der Waals surface area contributed by atoms with Crippen LogP contribution in [0.3, 0.4) is 0 Å². The molecule has 0 saturated heterocycles. The number of aromatic amines is 1. The van der Waals surface area contributed by atoms with Gasteiger partial charge in [-0.15, -0.1) is 0 Å². The maximum absolute atomic E-state index is 5.13. The van der Waals surface area contributed by atoms with Crippen molar-refractivity contribution in [1.29, 1.82) is 0 Å². The summed E-state index contributed by atoms with van der Waals surface area (Å²) in [6, 6.07) is 0.356. The lowest BCUT2D eigenvalue weighted by Gasteiger charge is -2.17. The molecule has 0 aromatic carbocycles. The Kier molecular flexibility index (Phi) is 3.95. The van der Waals surface area contributed by atoms with E-state index in [0.717, 1.165) is 30.1 Å². The molecule has 2 N–H and O–H groups in total. The smallest absolute Gasteiger partial charge is 0.0825 e. The molecule has 80 valence electrons. The van der Waals surface area contributed by atoms with Gasteiger partial charge >= 0.3 is 0 Å². The van der Waals surface area contributed by atoms with E-state index in [0.29, 0.717) is 6.04 Å². The van der Waals surface area contributed by atoms with Crippen molar-refractivity contribution in [2.45, 2.75) is 33.2 Å². The first-order chi connectivity index (χ1) is 6.69. The summed E-state index contributed by atoms with van der Waals surface area (Å²) in [7, 11) is 1.72. The minimum atomic E-state index is 0.356. The van der Waals surface area contributed by atoms with Crippen LogP contribution in [-0.4, -0.2) is 30.0 Å². The average Bonchev–Trinajstić information content (AvgIpc) is 2.48. The number of hydrogen-bond acceptors (Lipinski definition) is 3. The maximum Gasteiger partial charge on any atom is 0.0825 e. The number of nitrogens with zero attached hydrogens (tertiary/aromatic N) is 1. The van der Waals surface area contributed by atoms with Gasteiger partial charge in [-0.25, -0.2) is 0 Å². The van der Waals surface area contributed by atoms with E-state index in [1.165, 1.54) is 0 Å². The molecule has 0 fully saturated rings. The third kappa shape index (κ3) is 2.48. The Morgan fingerprint density at radius 2 is 2.21 bits per heavy atom. The summed E-state index contributed by atoms with van der Waals surface area (Å²) in [4.78, 5) is 0. The van der Waals surface area contributed by atoms with Crippen LogP contribution < -0.4 is 5.32 Å². The van der Waals surface area contributed by atoms with E-state index >= 15 is 0 Å². The molecule has 1 rings (SSSR count). The summed E-state index contributed by atoms with van der Waals surface area (Å²) >= 11 is 0. The number of anilines is 1. The van der Waals surface area contributed by atoms with E-state index in [2.05, 4.69) is 22.4 Å². The zero-order valence-electron chi connectivity index (χ0n) is 9.35. The molecule has 1 heterocycles. The predicted molar refractivity (Wildman–Crippen MR) is 57.6 cm³/mol. The van der Waals surface area contributed by atoms with Gasteiger partial charge in [0.05, 0.1) is 23.7 Å². The van der Waals surface area contributed by atoms with E-state index in [-0.39, 0.29) is 0 Å². The fraction of sp³-hybridized carbons (Fsp3) is 0.700. The standard InChI is InChI=1S/C10H19N3O/c1-5-9(6-14-4)11-10-7(2)12-13-8(10)3/h9,11H,5-6H2,1-4H3,(H,12,13). The highest BCUT2D eigenvalue weighted by Gasteiger charge is 2.11. The highest BCUT2D eigenvalue weighted by atomic mass is 16.5. The molecule has 1 aromatic rings. The molecule has 0 amide bonds. The molecule has 0 aliphatic carbocycles. The van der Waals surface area contributed by atoms with E-state index in [9.17, 15) is 0 Å². The van der Waals surface area contributed by atoms with Crippen LogP contribution >= 0.6 is 0 Å². The van der Waals surface area contributed by atoms with Crippen LogP contribution in [0.1, 0.15) is 24.7 Å². The molecule has 0 radical (unpaired) electrons. The van der Waals surface area contributed by atoms with Gasteiger partial charge in [0.15, 0.2) is 0 Å². The van der Waals surface area contributed by atoms with Gasteiger partial charge in [-0.05, 0) is 20.3 Å². The molecular weight excluding hydrogens is 178 g/mol. The number of H-pyrrole nitrogens is 1. The molecule has 1 unspecified atom stereocenters. The van der Waals surface area contributed by atoms with Crippen LogP contribution in [0.2, 0.25) is 0 Å². The topological polar surface area (TPSA) is 49.9 Å². The number of nitrogens with one attached hydrogen (secondary N) is 2. The summed E-state index contributed by atoms with van der Waals surface area (Å²) in [5, 5.41) is 10.5. The van der Waals surface area contributed by atoms with Gasteiger partial charge in [-0.2, -0.15) is 5.10 Å². The van der Waals surface area contributed by atoms with Crippen molar-refractivity contribution >= 4 is 5.69 Å². The summed E-state index contributed by atoms with van der Waals surface area (Å²) in [5.74, 6) is 0. The van der Waals surface area contributed by atoms with Crippen molar-refractivity contribution in [2.75, 3.05) is 19.0 Å². The average molecular weight is 197 g/mol. The van der Waals surface area contributed by atoms with Crippen molar-refractivity contribution in [3.05, 3.63) is 11.4 Å². The zero-order valence-corrected chi connectivity index (χ0v) is 9.35. The summed E-state index contributed by atoms with van der Waals surface area (Å²) in [6.07, 6.45) is 1.04. The second-order valence-corrected chi connectivity index (χ2v) is 3.51. The summed E-state index contributed by atoms with van der Waals surface area (Å²) in [6.45, 7) is 6.87. The second kappa shape index (κ2) is 5.00. The highest BCUT2D eigenvalue weighted by molar-refractivity contribution is 5.52. The molecule has 4 nitrogen and oxygen atoms in total. The van der Waals surface area contributed by atoms with Gasteiger partial charge in [0, 0.05) is 13.2 Å². The van der Waals surface area contributed by atoms with Crippen molar-refractivity contribution in [3.63, 3.8) is 0 Å². The van der Waals surface area contributed by atoms with E-state index in [1.54, 1.807) is 7.11 Å². The van der Waals surface area contributed by atoms with Gasteiger partial charge in [0.1, 0.15) is 0 Å². The van der Waals surface area contributed by atoms with Crippen LogP contribution in [0.15, 0.2) is 0 Å². The van der Waals surface area contributed by atoms with Crippen molar-refractivity contribution in [2.24, 2.45) is 0 Å². The molecule has 0 aliphatic rings. The first kappa shape index (κ1) is 11.0. The SMILES string of the molecule is CCC(COC)Nc1c(C)n[nH]c1C. The third-order valence-corrected chi connectivity index (χ3v) is 2.34. The van der Waals surface area contributed by atoms with E-state index in [4.69, 9.17) is 4.74 Å². The van der Waals surface area contributed by atoms with Crippen LogP contribution in [0, 0.1) is 13.8 Å². The van der Waals surface area contributed by atoms with Gasteiger partial charge in [0.25, 0.3) is 0 Å². The van der Waals surface area contributed by atoms with Crippen LogP contribution in [-0.2, 0) is 4.74 Å². The van der Waals surface area contributed by atoms with Crippen LogP contribution in [0.5, 0.6) is 0 Å². The number of aromatic nitrogens is 2. The molecule has 0 spiro atoms. The highest BCUT2D eigenvalue weighted by Crippen LogP contribution is 2.17. The van der Waals surface area contributed by atoms with Gasteiger partial charge in [0.2, 0.25) is 0 Å². The molecule has 1 atom stereocenters. The minimum absolute atomic E-state index is 0.356. The molecule has 0 aliphatic heterocycles. The Balaban J connectivity index is 2.66. The minimum Gasteiger partial charge on any atom is -0.383 e. The second-order valence-electron chi connectivity index (χ2n) is 3.51. The fourth-order valence-corrected chi connectivity index (χ4v) is 1.43. The van der Waals surface area contributed by atoms with Gasteiger partial charge in [-0.1, -0.05) is 6.92 Å². The first-order valence-corrected chi connectivity index (χ1v) is 4.96. The summed E-state index contributed by atoms with van der Waals surface area (Å²) in [5.41, 5.74) is 3.20. The first-order valence-electron chi connectivity index (χ1n) is 4.96. The lowest BCUT2D eigenvalue weighted by atomic mass is 10.2. The van der Waals surface area contributed by atoms with E-state index in [1.807, 2.05) is 13.8 Å². The lowest BCUT2D eigenvalue weighted by molar-refractivity contribution is 0.184. The quantitative estimate of drug-likeness (QED) is 0.757. The Bertz CT molecular complexity index is 263. The van der Waals surface area contributed by atoms with Crippen LogP contribution in [0.4, 0.5) is 5.69 Å². The fourth-order valence-electron chi connectivity index (χ4n) is 1.43. The third-order valence-electron chi connectivity index (χ3n) is 2.34. The van der Waals surface area contributed by atoms with Gasteiger partial charge in [-0.3, -0.25) is 5.10 Å². The van der Waals surface area contributed by atoms with Crippen LogP contribution in [0.25, 0.3) is 0 Å². The lowest BCUT2D eigenvalue weighted by Crippen LogP contribution is -2.24. The summed E-state index contributed by atoms with van der Waals surface area (Å²) < 4.78 is 5.13. The Labute approximate surface area is 85.0 Å². The zero-order chi connectivity index (χ0) is 10.6. The van der Waals surface area contributed by atoms with Crippen molar-refractivity contribution in [3.8, 4) is 0 Å². The number of hydrogen-bond donors (Lipinski definition) is 2. The predicted octanol–water partition coefficient (Wildman–Crippen LogP) is 1.86. The number of rotatable bonds is 5.